The average molecular weight is 282 g/mol. The fraction of sp³-hybridized carbons (Fsp3) is 0.571. The van der Waals surface area contributed by atoms with E-state index < -0.39 is 0 Å². The monoisotopic (exact) mass is 281 g/mol. The van der Waals surface area contributed by atoms with Crippen molar-refractivity contribution in [1.82, 2.24) is 5.32 Å². The highest BCUT2D eigenvalue weighted by Gasteiger charge is 2.14. The minimum atomic E-state index is 0.682. The molecule has 0 radical (unpaired) electrons. The van der Waals surface area contributed by atoms with Crippen LogP contribution in [0.4, 0.5) is 0 Å². The zero-order chi connectivity index (χ0) is 11.5. The van der Waals surface area contributed by atoms with Crippen LogP contribution in [0.25, 0.3) is 0 Å². The van der Waals surface area contributed by atoms with Crippen LogP contribution in [0.2, 0.25) is 0 Å². The first-order valence-corrected chi connectivity index (χ1v) is 6.95. The van der Waals surface area contributed by atoms with Crippen molar-refractivity contribution in [2.24, 2.45) is 0 Å². The van der Waals surface area contributed by atoms with Crippen molar-refractivity contribution in [2.75, 3.05) is 6.54 Å². The van der Waals surface area contributed by atoms with E-state index >= 15 is 0 Å². The standard InChI is InChI=1S/C14H20BrN/c1-10-7-13(15)8-12(11(10)2)9-14-5-3-4-6-16-14/h7-8,14,16H,3-6,9H2,1-2H3. The molecule has 0 spiro atoms. The molecule has 0 aliphatic carbocycles. The van der Waals surface area contributed by atoms with Crippen LogP contribution in [0.3, 0.4) is 0 Å². The number of hydrogen-bond donors (Lipinski definition) is 1. The molecule has 1 N–H and O–H groups in total. The molecule has 0 bridgehead atoms. The molecule has 1 fully saturated rings. The number of hydrogen-bond acceptors (Lipinski definition) is 1. The maximum atomic E-state index is 3.62. The molecule has 1 aliphatic heterocycles. The summed E-state index contributed by atoms with van der Waals surface area (Å²) in [6.07, 6.45) is 5.22. The van der Waals surface area contributed by atoms with Crippen molar-refractivity contribution in [3.63, 3.8) is 0 Å². The maximum Gasteiger partial charge on any atom is 0.0180 e. The smallest absolute Gasteiger partial charge is 0.0180 e. The van der Waals surface area contributed by atoms with Crippen LogP contribution in [-0.4, -0.2) is 12.6 Å². The van der Waals surface area contributed by atoms with E-state index in [1.165, 1.54) is 53.4 Å². The SMILES string of the molecule is Cc1cc(Br)cc(CC2CCCCN2)c1C. The van der Waals surface area contributed by atoms with Crippen molar-refractivity contribution >= 4 is 15.9 Å². The van der Waals surface area contributed by atoms with Gasteiger partial charge in [0.15, 0.2) is 0 Å². The summed E-state index contributed by atoms with van der Waals surface area (Å²) in [5, 5.41) is 3.62. The Balaban J connectivity index is 2.13. The number of nitrogens with one attached hydrogen (secondary N) is 1. The van der Waals surface area contributed by atoms with E-state index in [0.29, 0.717) is 6.04 Å². The predicted octanol–water partition coefficient (Wildman–Crippen LogP) is 3.75. The van der Waals surface area contributed by atoms with Crippen molar-refractivity contribution in [2.45, 2.75) is 45.6 Å². The quantitative estimate of drug-likeness (QED) is 0.871. The summed E-state index contributed by atoms with van der Waals surface area (Å²) in [6, 6.07) is 5.16. The number of rotatable bonds is 2. The lowest BCUT2D eigenvalue weighted by molar-refractivity contribution is 0.399. The molecule has 1 nitrogen and oxygen atoms in total. The van der Waals surface area contributed by atoms with Gasteiger partial charge in [-0.25, -0.2) is 0 Å². The first-order chi connectivity index (χ1) is 7.66. The molecule has 0 saturated carbocycles. The molecular formula is C14H20BrN. The number of benzene rings is 1. The molecule has 1 aromatic carbocycles. The molecule has 2 rings (SSSR count). The van der Waals surface area contributed by atoms with Crippen LogP contribution < -0.4 is 5.32 Å². The van der Waals surface area contributed by atoms with Crippen LogP contribution in [0.5, 0.6) is 0 Å². The topological polar surface area (TPSA) is 12.0 Å². The van der Waals surface area contributed by atoms with E-state index in [9.17, 15) is 0 Å². The Kier molecular flexibility index (Phi) is 4.04. The van der Waals surface area contributed by atoms with Gasteiger partial charge in [-0.2, -0.15) is 0 Å². The minimum absolute atomic E-state index is 0.682. The zero-order valence-corrected chi connectivity index (χ0v) is 11.7. The molecule has 0 aromatic heterocycles. The van der Waals surface area contributed by atoms with E-state index in [2.05, 4.69) is 47.2 Å². The largest absolute Gasteiger partial charge is 0.314 e. The van der Waals surface area contributed by atoms with E-state index in [1.54, 1.807) is 0 Å². The fourth-order valence-corrected chi connectivity index (χ4v) is 3.08. The van der Waals surface area contributed by atoms with Gasteiger partial charge >= 0.3 is 0 Å². The van der Waals surface area contributed by atoms with Gasteiger partial charge in [-0.15, -0.1) is 0 Å². The first-order valence-electron chi connectivity index (χ1n) is 6.16. The van der Waals surface area contributed by atoms with Gasteiger partial charge in [0.05, 0.1) is 0 Å². The van der Waals surface area contributed by atoms with Crippen LogP contribution in [0.1, 0.15) is 36.0 Å². The Morgan fingerprint density at radius 2 is 2.12 bits per heavy atom. The van der Waals surface area contributed by atoms with E-state index in [0.717, 1.165) is 0 Å². The Hall–Kier alpha value is -0.340. The molecule has 88 valence electrons. The van der Waals surface area contributed by atoms with Gasteiger partial charge in [0, 0.05) is 10.5 Å². The van der Waals surface area contributed by atoms with Crippen LogP contribution >= 0.6 is 15.9 Å². The Morgan fingerprint density at radius 1 is 1.31 bits per heavy atom. The zero-order valence-electron chi connectivity index (χ0n) is 10.1. The molecule has 1 aromatic rings. The van der Waals surface area contributed by atoms with Gasteiger partial charge in [0.2, 0.25) is 0 Å². The lowest BCUT2D eigenvalue weighted by Crippen LogP contribution is -2.35. The number of aryl methyl sites for hydroxylation is 1. The highest BCUT2D eigenvalue weighted by atomic mass is 79.9. The Morgan fingerprint density at radius 3 is 2.81 bits per heavy atom. The number of piperidine rings is 1. The third-order valence-electron chi connectivity index (χ3n) is 3.62. The Bertz CT molecular complexity index is 367. The van der Waals surface area contributed by atoms with Crippen molar-refractivity contribution in [3.8, 4) is 0 Å². The lowest BCUT2D eigenvalue weighted by Gasteiger charge is -2.24. The van der Waals surface area contributed by atoms with Crippen LogP contribution in [-0.2, 0) is 6.42 Å². The van der Waals surface area contributed by atoms with Crippen molar-refractivity contribution in [1.29, 1.82) is 0 Å². The first kappa shape index (κ1) is 12.1. The molecule has 1 unspecified atom stereocenters. The normalized spacial score (nSPS) is 21.1. The van der Waals surface area contributed by atoms with E-state index in [-0.39, 0.29) is 0 Å². The molecule has 1 atom stereocenters. The maximum absolute atomic E-state index is 3.62. The van der Waals surface area contributed by atoms with Gasteiger partial charge in [-0.3, -0.25) is 0 Å². The third kappa shape index (κ3) is 2.86. The van der Waals surface area contributed by atoms with Gasteiger partial charge < -0.3 is 5.32 Å². The minimum Gasteiger partial charge on any atom is -0.314 e. The molecule has 1 saturated heterocycles. The van der Waals surface area contributed by atoms with Crippen molar-refractivity contribution < 1.29 is 0 Å². The Labute approximate surface area is 107 Å². The van der Waals surface area contributed by atoms with Crippen LogP contribution in [0.15, 0.2) is 16.6 Å². The van der Waals surface area contributed by atoms with Crippen LogP contribution in [0, 0.1) is 13.8 Å². The van der Waals surface area contributed by atoms with E-state index in [1.807, 2.05) is 0 Å². The molecule has 1 heterocycles. The summed E-state index contributed by atoms with van der Waals surface area (Å²) in [7, 11) is 0. The molecule has 16 heavy (non-hydrogen) atoms. The average Bonchev–Trinajstić information content (AvgIpc) is 2.27. The highest BCUT2D eigenvalue weighted by molar-refractivity contribution is 9.10. The molecule has 0 amide bonds. The second-order valence-corrected chi connectivity index (χ2v) is 5.77. The lowest BCUT2D eigenvalue weighted by atomic mass is 9.93. The van der Waals surface area contributed by atoms with Gasteiger partial charge in [0.1, 0.15) is 0 Å². The summed E-state index contributed by atoms with van der Waals surface area (Å²) in [5.41, 5.74) is 4.34. The van der Waals surface area contributed by atoms with Gasteiger partial charge in [-0.05, 0) is 68.5 Å². The summed E-state index contributed by atoms with van der Waals surface area (Å²) in [6.45, 7) is 5.62. The summed E-state index contributed by atoms with van der Waals surface area (Å²) >= 11 is 3.59. The van der Waals surface area contributed by atoms with Crippen molar-refractivity contribution in [3.05, 3.63) is 33.3 Å². The molecule has 1 aliphatic rings. The second kappa shape index (κ2) is 5.33. The fourth-order valence-electron chi connectivity index (χ4n) is 2.46. The molecule has 2 heteroatoms. The van der Waals surface area contributed by atoms with Gasteiger partial charge in [0.25, 0.3) is 0 Å². The summed E-state index contributed by atoms with van der Waals surface area (Å²) in [5.74, 6) is 0. The number of halogens is 1. The van der Waals surface area contributed by atoms with E-state index in [4.69, 9.17) is 0 Å². The summed E-state index contributed by atoms with van der Waals surface area (Å²) < 4.78 is 1.21. The second-order valence-electron chi connectivity index (χ2n) is 4.86. The molecular weight excluding hydrogens is 262 g/mol. The highest BCUT2D eigenvalue weighted by Crippen LogP contribution is 2.23. The van der Waals surface area contributed by atoms with Gasteiger partial charge in [-0.1, -0.05) is 22.4 Å². The third-order valence-corrected chi connectivity index (χ3v) is 4.08. The summed E-state index contributed by atoms with van der Waals surface area (Å²) in [4.78, 5) is 0. The predicted molar refractivity (Wildman–Crippen MR) is 73.0 cm³/mol.